The highest BCUT2D eigenvalue weighted by Gasteiger charge is 2.08. The predicted molar refractivity (Wildman–Crippen MR) is 83.2 cm³/mol. The molecule has 4 heteroatoms. The highest BCUT2D eigenvalue weighted by atomic mass is 32.1. The molecule has 2 aromatic rings. The molecule has 1 aromatic heterocycles. The van der Waals surface area contributed by atoms with Crippen molar-refractivity contribution in [2.75, 3.05) is 13.7 Å². The number of ether oxygens (including phenoxy) is 2. The van der Waals surface area contributed by atoms with Crippen LogP contribution < -0.4 is 4.74 Å². The van der Waals surface area contributed by atoms with E-state index in [1.165, 1.54) is 17.1 Å². The lowest BCUT2D eigenvalue weighted by Crippen LogP contribution is -1.93. The first-order valence-corrected chi connectivity index (χ1v) is 7.27. The molecule has 0 amide bonds. The molecule has 0 bridgehead atoms. The number of methoxy groups -OCH3 is 1. The van der Waals surface area contributed by atoms with Gasteiger partial charge in [0.15, 0.2) is 0 Å². The molecule has 1 aromatic carbocycles. The fourth-order valence-electron chi connectivity index (χ4n) is 1.74. The maximum absolute atomic E-state index is 5.66. The van der Waals surface area contributed by atoms with Gasteiger partial charge in [-0.1, -0.05) is 11.6 Å². The van der Waals surface area contributed by atoms with Crippen LogP contribution in [-0.4, -0.2) is 18.1 Å². The topological polar surface area (TPSA) is 31.4 Å². The zero-order valence-corrected chi connectivity index (χ0v) is 12.9. The summed E-state index contributed by atoms with van der Waals surface area (Å²) in [5, 5.41) is 0. The molecular formula is C16H19NO2S. The van der Waals surface area contributed by atoms with Gasteiger partial charge in [0, 0.05) is 11.8 Å². The van der Waals surface area contributed by atoms with Crippen LogP contribution in [0, 0.1) is 0 Å². The van der Waals surface area contributed by atoms with E-state index in [9.17, 15) is 0 Å². The van der Waals surface area contributed by atoms with Gasteiger partial charge in [0.05, 0.1) is 25.2 Å². The summed E-state index contributed by atoms with van der Waals surface area (Å²) >= 11 is 1.49. The first kappa shape index (κ1) is 14.8. The Bertz CT molecular complexity index is 568. The molecule has 0 aliphatic heterocycles. The Morgan fingerprint density at radius 2 is 2.00 bits per heavy atom. The first-order valence-electron chi connectivity index (χ1n) is 6.50. The summed E-state index contributed by atoms with van der Waals surface area (Å²) in [5.74, 6) is 0.861. The van der Waals surface area contributed by atoms with E-state index in [4.69, 9.17) is 9.47 Å². The summed E-state index contributed by atoms with van der Waals surface area (Å²) in [6.07, 6.45) is 3.96. The third-order valence-corrected chi connectivity index (χ3v) is 3.75. The van der Waals surface area contributed by atoms with E-state index in [1.54, 1.807) is 7.11 Å². The average molecular weight is 289 g/mol. The summed E-state index contributed by atoms with van der Waals surface area (Å²) in [6, 6.07) is 8.02. The molecule has 0 N–H and O–H groups in total. The van der Waals surface area contributed by atoms with Gasteiger partial charge < -0.3 is 9.47 Å². The third-order valence-electron chi connectivity index (χ3n) is 2.86. The summed E-state index contributed by atoms with van der Waals surface area (Å²) in [4.78, 5) is 1.16. The lowest BCUT2D eigenvalue weighted by molar-refractivity contribution is 0.149. The Morgan fingerprint density at radius 3 is 2.65 bits per heavy atom. The van der Waals surface area contributed by atoms with Gasteiger partial charge in [-0.2, -0.15) is 0 Å². The van der Waals surface area contributed by atoms with Crippen LogP contribution in [0.2, 0.25) is 0 Å². The Morgan fingerprint density at radius 1 is 1.25 bits per heavy atom. The van der Waals surface area contributed by atoms with Gasteiger partial charge in [0.1, 0.15) is 5.75 Å². The maximum Gasteiger partial charge on any atom is 0.118 e. The Kier molecular flexibility index (Phi) is 5.32. The Hall–Kier alpha value is -1.65. The molecule has 3 nitrogen and oxygen atoms in total. The molecule has 0 spiro atoms. The molecule has 0 saturated heterocycles. The summed E-state index contributed by atoms with van der Waals surface area (Å²) in [7, 11) is 1.67. The van der Waals surface area contributed by atoms with Crippen molar-refractivity contribution >= 4 is 11.5 Å². The van der Waals surface area contributed by atoms with Gasteiger partial charge in [-0.25, -0.2) is 4.37 Å². The average Bonchev–Trinajstić information content (AvgIpc) is 2.92. The van der Waals surface area contributed by atoms with Gasteiger partial charge in [0.2, 0.25) is 0 Å². The van der Waals surface area contributed by atoms with Crippen LogP contribution in [0.3, 0.4) is 0 Å². The summed E-state index contributed by atoms with van der Waals surface area (Å²) < 4.78 is 15.1. The number of hydrogen-bond donors (Lipinski definition) is 0. The molecule has 0 radical (unpaired) electrons. The SMILES string of the molecule is COc1ccc(-c2sncc2COCC=C(C)C)cc1. The number of rotatable bonds is 6. The largest absolute Gasteiger partial charge is 0.497 e. The van der Waals surface area contributed by atoms with Crippen molar-refractivity contribution in [2.45, 2.75) is 20.5 Å². The molecule has 2 rings (SSSR count). The Balaban J connectivity index is 2.05. The van der Waals surface area contributed by atoms with Crippen molar-refractivity contribution in [1.82, 2.24) is 4.37 Å². The predicted octanol–water partition coefficient (Wildman–Crippen LogP) is 4.30. The van der Waals surface area contributed by atoms with Crippen LogP contribution in [0.15, 0.2) is 42.1 Å². The van der Waals surface area contributed by atoms with E-state index in [2.05, 4.69) is 24.3 Å². The van der Waals surface area contributed by atoms with Gasteiger partial charge in [0.25, 0.3) is 0 Å². The Labute approximate surface area is 124 Å². The minimum atomic E-state index is 0.585. The molecule has 0 atom stereocenters. The van der Waals surface area contributed by atoms with Gasteiger partial charge >= 0.3 is 0 Å². The van der Waals surface area contributed by atoms with Crippen LogP contribution in [-0.2, 0) is 11.3 Å². The first-order chi connectivity index (χ1) is 9.70. The van der Waals surface area contributed by atoms with E-state index in [1.807, 2.05) is 30.5 Å². The van der Waals surface area contributed by atoms with Gasteiger partial charge in [-0.15, -0.1) is 0 Å². The monoisotopic (exact) mass is 289 g/mol. The normalized spacial score (nSPS) is 10.3. The molecule has 1 heterocycles. The number of allylic oxidation sites excluding steroid dienone is 1. The van der Waals surface area contributed by atoms with E-state index >= 15 is 0 Å². The zero-order chi connectivity index (χ0) is 14.4. The summed E-state index contributed by atoms with van der Waals surface area (Å²) in [6.45, 7) is 5.36. The highest BCUT2D eigenvalue weighted by molar-refractivity contribution is 7.09. The zero-order valence-electron chi connectivity index (χ0n) is 12.1. The third kappa shape index (κ3) is 3.92. The second-order valence-electron chi connectivity index (χ2n) is 4.71. The molecule has 0 aliphatic rings. The van der Waals surface area contributed by atoms with E-state index < -0.39 is 0 Å². The number of benzene rings is 1. The van der Waals surface area contributed by atoms with Crippen molar-refractivity contribution in [3.8, 4) is 16.2 Å². The standard InChI is InChI=1S/C16H19NO2S/c1-12(2)8-9-19-11-14-10-17-20-16(14)13-4-6-15(18-3)7-5-13/h4-8,10H,9,11H2,1-3H3. The van der Waals surface area contributed by atoms with Gasteiger partial charge in [-0.3, -0.25) is 0 Å². The second-order valence-corrected chi connectivity index (χ2v) is 5.51. The van der Waals surface area contributed by atoms with Gasteiger partial charge in [-0.05, 0) is 55.2 Å². The van der Waals surface area contributed by atoms with E-state index in [0.717, 1.165) is 21.8 Å². The van der Waals surface area contributed by atoms with Crippen LogP contribution in [0.4, 0.5) is 0 Å². The lowest BCUT2D eigenvalue weighted by Gasteiger charge is -2.05. The fourth-order valence-corrected chi connectivity index (χ4v) is 2.49. The minimum absolute atomic E-state index is 0.585. The molecule has 0 aliphatic carbocycles. The molecule has 0 saturated carbocycles. The molecule has 0 unspecified atom stereocenters. The summed E-state index contributed by atoms with van der Waals surface area (Å²) in [5.41, 5.74) is 3.54. The number of nitrogens with zero attached hydrogens (tertiary/aromatic N) is 1. The van der Waals surface area contributed by atoms with Crippen molar-refractivity contribution in [3.05, 3.63) is 47.7 Å². The van der Waals surface area contributed by atoms with Crippen LogP contribution in [0.5, 0.6) is 5.75 Å². The smallest absolute Gasteiger partial charge is 0.118 e. The van der Waals surface area contributed by atoms with Crippen LogP contribution >= 0.6 is 11.5 Å². The van der Waals surface area contributed by atoms with Crippen molar-refractivity contribution in [2.24, 2.45) is 0 Å². The van der Waals surface area contributed by atoms with Crippen molar-refractivity contribution in [1.29, 1.82) is 0 Å². The quantitative estimate of drug-likeness (QED) is 0.587. The van der Waals surface area contributed by atoms with E-state index in [-0.39, 0.29) is 0 Å². The maximum atomic E-state index is 5.66. The molecule has 20 heavy (non-hydrogen) atoms. The molecule has 0 fully saturated rings. The lowest BCUT2D eigenvalue weighted by atomic mass is 10.1. The molecule has 106 valence electrons. The van der Waals surface area contributed by atoms with Crippen molar-refractivity contribution in [3.63, 3.8) is 0 Å². The second kappa shape index (κ2) is 7.22. The number of hydrogen-bond acceptors (Lipinski definition) is 4. The highest BCUT2D eigenvalue weighted by Crippen LogP contribution is 2.29. The minimum Gasteiger partial charge on any atom is -0.497 e. The molecular weight excluding hydrogens is 270 g/mol. The van der Waals surface area contributed by atoms with Crippen LogP contribution in [0.1, 0.15) is 19.4 Å². The van der Waals surface area contributed by atoms with Crippen LogP contribution in [0.25, 0.3) is 10.4 Å². The fraction of sp³-hybridized carbons (Fsp3) is 0.312. The number of aromatic nitrogens is 1. The van der Waals surface area contributed by atoms with Crippen molar-refractivity contribution < 1.29 is 9.47 Å². The van der Waals surface area contributed by atoms with E-state index in [0.29, 0.717) is 13.2 Å².